The van der Waals surface area contributed by atoms with Crippen LogP contribution in [0.1, 0.15) is 36.6 Å². The molecule has 1 aromatic rings. The van der Waals surface area contributed by atoms with Gasteiger partial charge in [-0.25, -0.2) is 0 Å². The van der Waals surface area contributed by atoms with Crippen LogP contribution in [0.15, 0.2) is 11.4 Å². The first-order chi connectivity index (χ1) is 6.90. The lowest BCUT2D eigenvalue weighted by atomic mass is 10.1. The summed E-state index contributed by atoms with van der Waals surface area (Å²) in [6, 6.07) is 2.72. The predicted molar refractivity (Wildman–Crippen MR) is 60.1 cm³/mol. The minimum absolute atomic E-state index is 0.561. The fraction of sp³-hybridized carbons (Fsp3) is 0.636. The summed E-state index contributed by atoms with van der Waals surface area (Å²) in [5.74, 6) is 0.996. The zero-order valence-corrected chi connectivity index (χ0v) is 9.40. The van der Waals surface area contributed by atoms with Gasteiger partial charge in [0, 0.05) is 16.3 Å². The van der Waals surface area contributed by atoms with E-state index in [4.69, 9.17) is 4.74 Å². The zero-order valence-electron chi connectivity index (χ0n) is 8.58. The van der Waals surface area contributed by atoms with Crippen LogP contribution in [0.4, 0.5) is 0 Å². The van der Waals surface area contributed by atoms with Crippen molar-refractivity contribution in [2.24, 2.45) is 0 Å². The largest absolute Gasteiger partial charge is 0.496 e. The van der Waals surface area contributed by atoms with Gasteiger partial charge in [-0.2, -0.15) is 0 Å². The third kappa shape index (κ3) is 2.28. The molecule has 2 nitrogen and oxygen atoms in total. The molecule has 1 fully saturated rings. The van der Waals surface area contributed by atoms with E-state index < -0.39 is 0 Å². The summed E-state index contributed by atoms with van der Waals surface area (Å²) in [5.41, 5.74) is 0. The Bertz CT molecular complexity index is 277. The molecule has 0 aromatic carbocycles. The van der Waals surface area contributed by atoms with E-state index in [0.717, 1.165) is 12.3 Å². The molecule has 1 aliphatic rings. The van der Waals surface area contributed by atoms with Crippen molar-refractivity contribution in [2.75, 3.05) is 13.7 Å². The average Bonchev–Trinajstić information content (AvgIpc) is 2.53. The zero-order chi connectivity index (χ0) is 9.80. The monoisotopic (exact) mass is 211 g/mol. The quantitative estimate of drug-likeness (QED) is 0.812. The van der Waals surface area contributed by atoms with Crippen molar-refractivity contribution < 1.29 is 4.74 Å². The van der Waals surface area contributed by atoms with Crippen LogP contribution in [0.5, 0.6) is 5.75 Å². The van der Waals surface area contributed by atoms with Crippen LogP contribution in [-0.2, 0) is 0 Å². The highest BCUT2D eigenvalue weighted by Crippen LogP contribution is 2.30. The molecule has 0 aliphatic carbocycles. The topological polar surface area (TPSA) is 21.3 Å². The van der Waals surface area contributed by atoms with Gasteiger partial charge >= 0.3 is 0 Å². The van der Waals surface area contributed by atoms with E-state index in [1.54, 1.807) is 18.4 Å². The molecule has 0 radical (unpaired) electrons. The Morgan fingerprint density at radius 2 is 2.36 bits per heavy atom. The van der Waals surface area contributed by atoms with Gasteiger partial charge in [0.15, 0.2) is 0 Å². The molecule has 2 rings (SSSR count). The molecule has 1 saturated heterocycles. The van der Waals surface area contributed by atoms with Crippen molar-refractivity contribution in [1.29, 1.82) is 0 Å². The van der Waals surface area contributed by atoms with Crippen LogP contribution >= 0.6 is 11.3 Å². The lowest BCUT2D eigenvalue weighted by Gasteiger charge is -2.12. The van der Waals surface area contributed by atoms with Gasteiger partial charge in [-0.15, -0.1) is 11.3 Å². The molecule has 0 spiro atoms. The molecule has 1 atom stereocenters. The van der Waals surface area contributed by atoms with Crippen LogP contribution in [-0.4, -0.2) is 13.7 Å². The summed E-state index contributed by atoms with van der Waals surface area (Å²) in [5, 5.41) is 5.68. The number of thiophene rings is 1. The Labute approximate surface area is 89.3 Å². The highest BCUT2D eigenvalue weighted by molar-refractivity contribution is 7.10. The van der Waals surface area contributed by atoms with E-state index in [9.17, 15) is 0 Å². The minimum atomic E-state index is 0.561. The van der Waals surface area contributed by atoms with Crippen LogP contribution in [0.3, 0.4) is 0 Å². The number of nitrogens with one attached hydrogen (secondary N) is 1. The summed E-state index contributed by atoms with van der Waals surface area (Å²) in [6.45, 7) is 1.16. The molecule has 3 heteroatoms. The SMILES string of the molecule is COc1csc(C2CCCCCN2)c1. The fourth-order valence-electron chi connectivity index (χ4n) is 1.90. The molecule has 14 heavy (non-hydrogen) atoms. The molecular formula is C11H17NOS. The van der Waals surface area contributed by atoms with Crippen LogP contribution in [0.2, 0.25) is 0 Å². The van der Waals surface area contributed by atoms with Gasteiger partial charge in [0.2, 0.25) is 0 Å². The van der Waals surface area contributed by atoms with E-state index in [0.29, 0.717) is 6.04 Å². The molecule has 78 valence electrons. The number of hydrogen-bond donors (Lipinski definition) is 1. The summed E-state index contributed by atoms with van der Waals surface area (Å²) in [7, 11) is 1.73. The van der Waals surface area contributed by atoms with Crippen molar-refractivity contribution in [3.63, 3.8) is 0 Å². The first-order valence-corrected chi connectivity index (χ1v) is 6.14. The number of methoxy groups -OCH3 is 1. The third-order valence-corrected chi connectivity index (χ3v) is 3.76. The number of ether oxygens (including phenoxy) is 1. The summed E-state index contributed by atoms with van der Waals surface area (Å²) >= 11 is 1.80. The molecule has 0 amide bonds. The maximum atomic E-state index is 5.20. The van der Waals surface area contributed by atoms with Crippen LogP contribution in [0.25, 0.3) is 0 Å². The Hall–Kier alpha value is -0.540. The molecule has 2 heterocycles. The second-order valence-electron chi connectivity index (χ2n) is 3.74. The summed E-state index contributed by atoms with van der Waals surface area (Å²) in [4.78, 5) is 1.42. The lowest BCUT2D eigenvalue weighted by Crippen LogP contribution is -2.19. The fourth-order valence-corrected chi connectivity index (χ4v) is 2.86. The van der Waals surface area contributed by atoms with Gasteiger partial charge < -0.3 is 10.1 Å². The smallest absolute Gasteiger partial charge is 0.129 e. The standard InChI is InChI=1S/C11H17NOS/c1-13-9-7-11(14-8-9)10-5-3-2-4-6-12-10/h7-8,10,12H,2-6H2,1H3. The first kappa shape index (κ1) is 9.99. The number of rotatable bonds is 2. The molecule has 0 saturated carbocycles. The third-order valence-electron chi connectivity index (χ3n) is 2.74. The van der Waals surface area contributed by atoms with E-state index in [1.807, 2.05) is 0 Å². The molecule has 1 N–H and O–H groups in total. The van der Waals surface area contributed by atoms with E-state index in [1.165, 1.54) is 30.6 Å². The van der Waals surface area contributed by atoms with Crippen LogP contribution < -0.4 is 10.1 Å². The number of hydrogen-bond acceptors (Lipinski definition) is 3. The maximum Gasteiger partial charge on any atom is 0.129 e. The average molecular weight is 211 g/mol. The van der Waals surface area contributed by atoms with Crippen LogP contribution in [0, 0.1) is 0 Å². The highest BCUT2D eigenvalue weighted by Gasteiger charge is 2.15. The van der Waals surface area contributed by atoms with Crippen molar-refractivity contribution in [1.82, 2.24) is 5.32 Å². The molecule has 1 aliphatic heterocycles. The first-order valence-electron chi connectivity index (χ1n) is 5.26. The van der Waals surface area contributed by atoms with E-state index in [2.05, 4.69) is 16.8 Å². The van der Waals surface area contributed by atoms with Gasteiger partial charge in [0.1, 0.15) is 5.75 Å². The van der Waals surface area contributed by atoms with Gasteiger partial charge in [0.25, 0.3) is 0 Å². The predicted octanol–water partition coefficient (Wildman–Crippen LogP) is 2.96. The second kappa shape index (κ2) is 4.80. The lowest BCUT2D eigenvalue weighted by molar-refractivity contribution is 0.415. The normalized spacial score (nSPS) is 23.1. The van der Waals surface area contributed by atoms with E-state index >= 15 is 0 Å². The van der Waals surface area contributed by atoms with Gasteiger partial charge in [0.05, 0.1) is 7.11 Å². The highest BCUT2D eigenvalue weighted by atomic mass is 32.1. The summed E-state index contributed by atoms with van der Waals surface area (Å²) < 4.78 is 5.20. The van der Waals surface area contributed by atoms with E-state index in [-0.39, 0.29) is 0 Å². The Kier molecular flexibility index (Phi) is 3.43. The van der Waals surface area contributed by atoms with Gasteiger partial charge in [-0.1, -0.05) is 12.8 Å². The van der Waals surface area contributed by atoms with Gasteiger partial charge in [-0.05, 0) is 25.5 Å². The minimum Gasteiger partial charge on any atom is -0.496 e. The van der Waals surface area contributed by atoms with Crippen molar-refractivity contribution in [3.05, 3.63) is 16.3 Å². The Morgan fingerprint density at radius 1 is 1.43 bits per heavy atom. The summed E-state index contributed by atoms with van der Waals surface area (Å²) in [6.07, 6.45) is 5.30. The molecule has 1 aromatic heterocycles. The molecule has 1 unspecified atom stereocenters. The Morgan fingerprint density at radius 3 is 3.14 bits per heavy atom. The molecular weight excluding hydrogens is 194 g/mol. The van der Waals surface area contributed by atoms with Crippen molar-refractivity contribution in [2.45, 2.75) is 31.7 Å². The Balaban J connectivity index is 2.04. The molecule has 0 bridgehead atoms. The van der Waals surface area contributed by atoms with Crippen molar-refractivity contribution >= 4 is 11.3 Å². The van der Waals surface area contributed by atoms with Crippen molar-refractivity contribution in [3.8, 4) is 5.75 Å². The van der Waals surface area contributed by atoms with Gasteiger partial charge in [-0.3, -0.25) is 0 Å². The second-order valence-corrected chi connectivity index (χ2v) is 4.69. The maximum absolute atomic E-state index is 5.20.